The van der Waals surface area contributed by atoms with Crippen LogP contribution < -0.4 is 10.1 Å². The van der Waals surface area contributed by atoms with Gasteiger partial charge in [0.25, 0.3) is 5.91 Å². The number of carbonyl (C=O) groups is 1. The highest BCUT2D eigenvalue weighted by Gasteiger charge is 2.07. The highest BCUT2D eigenvalue weighted by Crippen LogP contribution is 2.15. The van der Waals surface area contributed by atoms with Crippen molar-refractivity contribution in [1.82, 2.24) is 20.1 Å². The third-order valence-corrected chi connectivity index (χ3v) is 4.16. The van der Waals surface area contributed by atoms with Crippen LogP contribution >= 0.6 is 0 Å². The largest absolute Gasteiger partial charge is 0.489 e. The number of hydrogen-bond donors (Lipinski definition) is 1. The van der Waals surface area contributed by atoms with Crippen molar-refractivity contribution in [2.45, 2.75) is 33.4 Å². The molecular formula is C21H24N4O2. The Morgan fingerprint density at radius 1 is 1.19 bits per heavy atom. The highest BCUT2D eigenvalue weighted by molar-refractivity contribution is 5.94. The Morgan fingerprint density at radius 2 is 2.07 bits per heavy atom. The van der Waals surface area contributed by atoms with Gasteiger partial charge in [-0.05, 0) is 50.6 Å². The number of hydrogen-bond acceptors (Lipinski definition) is 4. The smallest absolute Gasteiger partial charge is 0.251 e. The SMILES string of the molecule is Cc1cc(C)n(CCCNC(=O)c2cccc(OCc3cccnc3)c2)n1. The Labute approximate surface area is 159 Å². The molecule has 0 aliphatic heterocycles. The molecule has 0 spiro atoms. The van der Waals surface area contributed by atoms with Gasteiger partial charge in [0.2, 0.25) is 0 Å². The minimum absolute atomic E-state index is 0.102. The number of rotatable bonds is 8. The first kappa shape index (κ1) is 18.6. The Balaban J connectivity index is 1.47. The lowest BCUT2D eigenvalue weighted by Crippen LogP contribution is -2.25. The van der Waals surface area contributed by atoms with Gasteiger partial charge in [-0.3, -0.25) is 14.5 Å². The average Bonchev–Trinajstić information content (AvgIpc) is 3.01. The van der Waals surface area contributed by atoms with E-state index < -0.39 is 0 Å². The van der Waals surface area contributed by atoms with Crippen LogP contribution in [0.1, 0.15) is 33.7 Å². The molecule has 1 N–H and O–H groups in total. The molecule has 0 saturated carbocycles. The van der Waals surface area contributed by atoms with E-state index in [0.29, 0.717) is 24.5 Å². The molecule has 0 radical (unpaired) electrons. The number of carbonyl (C=O) groups excluding carboxylic acids is 1. The van der Waals surface area contributed by atoms with Gasteiger partial charge in [-0.15, -0.1) is 0 Å². The first-order valence-electron chi connectivity index (χ1n) is 9.03. The summed E-state index contributed by atoms with van der Waals surface area (Å²) in [5.74, 6) is 0.560. The van der Waals surface area contributed by atoms with Crippen LogP contribution in [0.25, 0.3) is 0 Å². The first-order valence-corrected chi connectivity index (χ1v) is 9.03. The molecule has 1 amide bonds. The quantitative estimate of drug-likeness (QED) is 0.623. The maximum Gasteiger partial charge on any atom is 0.251 e. The van der Waals surface area contributed by atoms with Crippen molar-refractivity contribution < 1.29 is 9.53 Å². The molecule has 27 heavy (non-hydrogen) atoms. The summed E-state index contributed by atoms with van der Waals surface area (Å²) >= 11 is 0. The second-order valence-electron chi connectivity index (χ2n) is 6.44. The summed E-state index contributed by atoms with van der Waals surface area (Å²) in [6, 6.07) is 13.1. The van der Waals surface area contributed by atoms with Gasteiger partial charge in [-0.1, -0.05) is 12.1 Å². The van der Waals surface area contributed by atoms with Gasteiger partial charge in [0.05, 0.1) is 5.69 Å². The van der Waals surface area contributed by atoms with Gasteiger partial charge in [0.15, 0.2) is 0 Å². The number of amides is 1. The molecule has 0 bridgehead atoms. The fourth-order valence-corrected chi connectivity index (χ4v) is 2.81. The zero-order valence-corrected chi connectivity index (χ0v) is 15.7. The number of pyridine rings is 1. The van der Waals surface area contributed by atoms with Crippen molar-refractivity contribution in [1.29, 1.82) is 0 Å². The van der Waals surface area contributed by atoms with Gasteiger partial charge < -0.3 is 10.1 Å². The summed E-state index contributed by atoms with van der Waals surface area (Å²) in [4.78, 5) is 16.4. The predicted molar refractivity (Wildman–Crippen MR) is 104 cm³/mol. The van der Waals surface area contributed by atoms with Crippen molar-refractivity contribution in [2.24, 2.45) is 0 Å². The summed E-state index contributed by atoms with van der Waals surface area (Å²) in [6.45, 7) is 5.82. The molecule has 2 heterocycles. The molecule has 140 valence electrons. The molecule has 0 saturated heterocycles. The number of ether oxygens (including phenoxy) is 1. The van der Waals surface area contributed by atoms with E-state index in [9.17, 15) is 4.79 Å². The lowest BCUT2D eigenvalue weighted by atomic mass is 10.2. The van der Waals surface area contributed by atoms with E-state index in [1.54, 1.807) is 24.5 Å². The van der Waals surface area contributed by atoms with E-state index in [4.69, 9.17) is 4.74 Å². The molecule has 0 aliphatic carbocycles. The molecule has 0 aliphatic rings. The van der Waals surface area contributed by atoms with E-state index >= 15 is 0 Å². The number of aromatic nitrogens is 3. The van der Waals surface area contributed by atoms with Crippen LogP contribution in [0, 0.1) is 13.8 Å². The number of benzene rings is 1. The van der Waals surface area contributed by atoms with Crippen LogP contribution in [0.3, 0.4) is 0 Å². The topological polar surface area (TPSA) is 69.0 Å². The minimum Gasteiger partial charge on any atom is -0.489 e. The molecule has 0 fully saturated rings. The van der Waals surface area contributed by atoms with Gasteiger partial charge >= 0.3 is 0 Å². The maximum atomic E-state index is 12.4. The Bertz CT molecular complexity index is 890. The molecule has 2 aromatic heterocycles. The highest BCUT2D eigenvalue weighted by atomic mass is 16.5. The molecular weight excluding hydrogens is 340 g/mol. The second-order valence-corrected chi connectivity index (χ2v) is 6.44. The lowest BCUT2D eigenvalue weighted by Gasteiger charge is -2.09. The Morgan fingerprint density at radius 3 is 2.81 bits per heavy atom. The van der Waals surface area contributed by atoms with Crippen LogP contribution in [0.15, 0.2) is 54.9 Å². The lowest BCUT2D eigenvalue weighted by molar-refractivity contribution is 0.0952. The predicted octanol–water partition coefficient (Wildman–Crippen LogP) is 3.29. The van der Waals surface area contributed by atoms with Crippen LogP contribution in [-0.4, -0.2) is 27.2 Å². The van der Waals surface area contributed by atoms with Gasteiger partial charge in [-0.2, -0.15) is 5.10 Å². The normalized spacial score (nSPS) is 10.6. The van der Waals surface area contributed by atoms with Crippen molar-refractivity contribution in [3.8, 4) is 5.75 Å². The second kappa shape index (κ2) is 8.98. The fourth-order valence-electron chi connectivity index (χ4n) is 2.81. The molecule has 3 aromatic rings. The first-order chi connectivity index (χ1) is 13.1. The van der Waals surface area contributed by atoms with Crippen molar-refractivity contribution in [2.75, 3.05) is 6.54 Å². The molecule has 0 unspecified atom stereocenters. The molecule has 6 nitrogen and oxygen atoms in total. The van der Waals surface area contributed by atoms with Crippen LogP contribution in [0.4, 0.5) is 0 Å². The number of nitrogens with one attached hydrogen (secondary N) is 1. The molecule has 0 atom stereocenters. The van der Waals surface area contributed by atoms with E-state index in [-0.39, 0.29) is 5.91 Å². The number of aryl methyl sites for hydroxylation is 3. The average molecular weight is 364 g/mol. The van der Waals surface area contributed by atoms with E-state index in [1.165, 1.54) is 0 Å². The fraction of sp³-hybridized carbons (Fsp3) is 0.286. The third kappa shape index (κ3) is 5.41. The van der Waals surface area contributed by atoms with Gasteiger partial charge in [-0.25, -0.2) is 0 Å². The zero-order valence-electron chi connectivity index (χ0n) is 15.7. The molecule has 6 heteroatoms. The zero-order chi connectivity index (χ0) is 19.1. The van der Waals surface area contributed by atoms with Crippen molar-refractivity contribution in [3.63, 3.8) is 0 Å². The van der Waals surface area contributed by atoms with E-state index in [2.05, 4.69) is 21.5 Å². The van der Waals surface area contributed by atoms with Crippen molar-refractivity contribution >= 4 is 5.91 Å². The Hall–Kier alpha value is -3.15. The van der Waals surface area contributed by atoms with Gasteiger partial charge in [0.1, 0.15) is 12.4 Å². The van der Waals surface area contributed by atoms with E-state index in [0.717, 1.165) is 29.9 Å². The standard InChI is InChI=1S/C21H24N4O2/c1-16-12-17(2)25(24-16)11-5-10-23-21(26)19-7-3-8-20(13-19)27-15-18-6-4-9-22-14-18/h3-4,6-9,12-14H,5,10-11,15H2,1-2H3,(H,23,26). The molecule has 1 aromatic carbocycles. The number of nitrogens with zero attached hydrogens (tertiary/aromatic N) is 3. The van der Waals surface area contributed by atoms with Crippen LogP contribution in [-0.2, 0) is 13.2 Å². The monoisotopic (exact) mass is 364 g/mol. The van der Waals surface area contributed by atoms with Crippen LogP contribution in [0.2, 0.25) is 0 Å². The summed E-state index contributed by atoms with van der Waals surface area (Å²) in [7, 11) is 0. The molecule has 3 rings (SSSR count). The van der Waals surface area contributed by atoms with Gasteiger partial charge in [0, 0.05) is 42.3 Å². The van der Waals surface area contributed by atoms with E-state index in [1.807, 2.05) is 42.8 Å². The Kier molecular flexibility index (Phi) is 6.20. The maximum absolute atomic E-state index is 12.4. The summed E-state index contributed by atoms with van der Waals surface area (Å²) in [5.41, 5.74) is 3.72. The minimum atomic E-state index is -0.102. The van der Waals surface area contributed by atoms with Crippen molar-refractivity contribution in [3.05, 3.63) is 77.4 Å². The third-order valence-electron chi connectivity index (χ3n) is 4.16. The summed E-state index contributed by atoms with van der Waals surface area (Å²) < 4.78 is 7.72. The summed E-state index contributed by atoms with van der Waals surface area (Å²) in [5, 5.41) is 7.38. The van der Waals surface area contributed by atoms with Crippen LogP contribution in [0.5, 0.6) is 5.75 Å². The summed E-state index contributed by atoms with van der Waals surface area (Å²) in [6.07, 6.45) is 4.31.